The predicted molar refractivity (Wildman–Crippen MR) is 98.8 cm³/mol. The third-order valence-corrected chi connectivity index (χ3v) is 5.31. The van der Waals surface area contributed by atoms with Crippen molar-refractivity contribution in [3.8, 4) is 0 Å². The normalized spacial score (nSPS) is 17.0. The molecular formula is C21H23N3O2. The summed E-state index contributed by atoms with van der Waals surface area (Å²) in [5.74, 6) is -0.300. The summed E-state index contributed by atoms with van der Waals surface area (Å²) in [6.07, 6.45) is 5.22. The topological polar surface area (TPSA) is 62.3 Å². The Bertz CT molecular complexity index is 828. The molecule has 5 heteroatoms. The van der Waals surface area contributed by atoms with Gasteiger partial charge in [-0.05, 0) is 42.5 Å². The highest BCUT2D eigenvalue weighted by atomic mass is 16.2. The Hall–Kier alpha value is -2.69. The van der Waals surface area contributed by atoms with Gasteiger partial charge in [0.2, 0.25) is 0 Å². The molecule has 1 fully saturated rings. The molecule has 134 valence electrons. The van der Waals surface area contributed by atoms with Crippen molar-refractivity contribution >= 4 is 11.8 Å². The first kappa shape index (κ1) is 16.8. The van der Waals surface area contributed by atoms with Gasteiger partial charge in [-0.3, -0.25) is 9.59 Å². The van der Waals surface area contributed by atoms with E-state index in [9.17, 15) is 9.59 Å². The largest absolute Gasteiger partial charge is 0.348 e. The van der Waals surface area contributed by atoms with Gasteiger partial charge < -0.3 is 10.2 Å². The molecule has 26 heavy (non-hydrogen) atoms. The van der Waals surface area contributed by atoms with E-state index in [-0.39, 0.29) is 17.9 Å². The summed E-state index contributed by atoms with van der Waals surface area (Å²) in [6.45, 7) is 1.27. The van der Waals surface area contributed by atoms with Crippen LogP contribution in [0.15, 0.2) is 42.5 Å². The Morgan fingerprint density at radius 3 is 2.50 bits per heavy atom. The van der Waals surface area contributed by atoms with Gasteiger partial charge in [0, 0.05) is 19.1 Å². The lowest BCUT2D eigenvalue weighted by Gasteiger charge is -2.28. The second-order valence-electron chi connectivity index (χ2n) is 7.11. The molecule has 0 bridgehead atoms. The Balaban J connectivity index is 1.47. The zero-order chi connectivity index (χ0) is 17.9. The first-order chi connectivity index (χ1) is 12.7. The van der Waals surface area contributed by atoms with Gasteiger partial charge in [-0.15, -0.1) is 0 Å². The number of carbonyl (C=O) groups excluding carboxylic acids is 2. The molecule has 1 aliphatic heterocycles. The monoisotopic (exact) mass is 349 g/mol. The number of aromatic nitrogens is 1. The Morgan fingerprint density at radius 2 is 1.69 bits per heavy atom. The first-order valence-corrected chi connectivity index (χ1v) is 9.35. The van der Waals surface area contributed by atoms with E-state index in [0.29, 0.717) is 24.5 Å². The number of amides is 2. The highest BCUT2D eigenvalue weighted by molar-refractivity contribution is 5.96. The van der Waals surface area contributed by atoms with Crippen LogP contribution in [0.25, 0.3) is 0 Å². The Kier molecular flexibility index (Phi) is 4.69. The van der Waals surface area contributed by atoms with Gasteiger partial charge in [0.25, 0.3) is 11.8 Å². The lowest BCUT2D eigenvalue weighted by atomic mass is 10.00. The second kappa shape index (κ2) is 7.28. The molecule has 0 saturated heterocycles. The van der Waals surface area contributed by atoms with Crippen molar-refractivity contribution in [2.24, 2.45) is 0 Å². The van der Waals surface area contributed by atoms with E-state index in [1.807, 2.05) is 17.0 Å². The minimum absolute atomic E-state index is 0.116. The number of nitrogens with one attached hydrogen (secondary N) is 1. The lowest BCUT2D eigenvalue weighted by molar-refractivity contribution is 0.0728. The lowest BCUT2D eigenvalue weighted by Crippen LogP contribution is -2.37. The van der Waals surface area contributed by atoms with E-state index in [1.165, 1.54) is 11.1 Å². The number of nitrogens with zero attached hydrogens (tertiary/aromatic N) is 2. The van der Waals surface area contributed by atoms with Gasteiger partial charge in [-0.2, -0.15) is 0 Å². The molecule has 2 amide bonds. The first-order valence-electron chi connectivity index (χ1n) is 9.35. The number of benzene rings is 1. The molecule has 1 aromatic heterocycles. The maximum atomic E-state index is 12.9. The second-order valence-corrected chi connectivity index (χ2v) is 7.11. The molecule has 1 aliphatic carbocycles. The minimum Gasteiger partial charge on any atom is -0.348 e. The Morgan fingerprint density at radius 1 is 0.962 bits per heavy atom. The van der Waals surface area contributed by atoms with Crippen LogP contribution in [0.1, 0.15) is 57.8 Å². The van der Waals surface area contributed by atoms with E-state index >= 15 is 0 Å². The summed E-state index contributed by atoms with van der Waals surface area (Å²) in [5.41, 5.74) is 3.14. The molecule has 1 saturated carbocycles. The van der Waals surface area contributed by atoms with Crippen LogP contribution in [0, 0.1) is 0 Å². The van der Waals surface area contributed by atoms with Crippen molar-refractivity contribution in [2.45, 2.75) is 44.7 Å². The van der Waals surface area contributed by atoms with Crippen LogP contribution in [0.4, 0.5) is 0 Å². The highest BCUT2D eigenvalue weighted by Crippen LogP contribution is 2.20. The number of rotatable bonds is 3. The third kappa shape index (κ3) is 3.47. The van der Waals surface area contributed by atoms with Gasteiger partial charge in [-0.1, -0.05) is 43.2 Å². The Labute approximate surface area is 153 Å². The molecule has 2 heterocycles. The summed E-state index contributed by atoms with van der Waals surface area (Å²) in [5, 5.41) is 3.03. The zero-order valence-electron chi connectivity index (χ0n) is 14.8. The van der Waals surface area contributed by atoms with E-state index in [0.717, 1.165) is 32.1 Å². The van der Waals surface area contributed by atoms with Crippen LogP contribution in [0.2, 0.25) is 0 Å². The quantitative estimate of drug-likeness (QED) is 0.927. The van der Waals surface area contributed by atoms with E-state index in [1.54, 1.807) is 18.2 Å². The van der Waals surface area contributed by atoms with Gasteiger partial charge >= 0.3 is 0 Å². The van der Waals surface area contributed by atoms with Gasteiger partial charge in [0.1, 0.15) is 11.4 Å². The minimum atomic E-state index is -0.185. The van der Waals surface area contributed by atoms with Crippen LogP contribution in [0.3, 0.4) is 0 Å². The fourth-order valence-corrected chi connectivity index (χ4v) is 3.84. The van der Waals surface area contributed by atoms with Crippen LogP contribution in [-0.4, -0.2) is 34.3 Å². The van der Waals surface area contributed by atoms with E-state index < -0.39 is 0 Å². The number of hydrogen-bond acceptors (Lipinski definition) is 3. The summed E-state index contributed by atoms with van der Waals surface area (Å²) >= 11 is 0. The predicted octanol–water partition coefficient (Wildman–Crippen LogP) is 2.95. The fourth-order valence-electron chi connectivity index (χ4n) is 3.84. The molecular weight excluding hydrogens is 326 g/mol. The van der Waals surface area contributed by atoms with Gasteiger partial charge in [-0.25, -0.2) is 4.98 Å². The molecule has 5 nitrogen and oxygen atoms in total. The zero-order valence-corrected chi connectivity index (χ0v) is 14.8. The number of pyridine rings is 1. The number of fused-ring (bicyclic) bond motifs is 1. The average Bonchev–Trinajstić information content (AvgIpc) is 3.20. The fraction of sp³-hybridized carbons (Fsp3) is 0.381. The molecule has 4 rings (SSSR count). The summed E-state index contributed by atoms with van der Waals surface area (Å²) in [7, 11) is 0. The maximum absolute atomic E-state index is 12.9. The van der Waals surface area contributed by atoms with Crippen LogP contribution >= 0.6 is 0 Å². The van der Waals surface area contributed by atoms with Crippen molar-refractivity contribution in [3.05, 3.63) is 65.0 Å². The smallest absolute Gasteiger partial charge is 0.272 e. The molecule has 0 unspecified atom stereocenters. The van der Waals surface area contributed by atoms with Crippen molar-refractivity contribution in [2.75, 3.05) is 6.54 Å². The summed E-state index contributed by atoms with van der Waals surface area (Å²) in [4.78, 5) is 31.4. The number of carbonyl (C=O) groups is 2. The number of hydrogen-bond donors (Lipinski definition) is 1. The molecule has 0 spiro atoms. The van der Waals surface area contributed by atoms with E-state index in [2.05, 4.69) is 22.4 Å². The summed E-state index contributed by atoms with van der Waals surface area (Å²) < 4.78 is 0. The van der Waals surface area contributed by atoms with Crippen molar-refractivity contribution in [1.82, 2.24) is 15.2 Å². The average molecular weight is 349 g/mol. The maximum Gasteiger partial charge on any atom is 0.272 e. The van der Waals surface area contributed by atoms with Crippen LogP contribution in [0.5, 0.6) is 0 Å². The van der Waals surface area contributed by atoms with Crippen LogP contribution < -0.4 is 5.32 Å². The molecule has 1 aromatic carbocycles. The molecule has 0 atom stereocenters. The van der Waals surface area contributed by atoms with Crippen molar-refractivity contribution in [3.63, 3.8) is 0 Å². The third-order valence-electron chi connectivity index (χ3n) is 5.31. The standard InChI is InChI=1S/C21H23N3O2/c25-20(22-17-8-3-4-9-17)18-10-5-11-19(23-18)21(26)24-13-12-15-6-1-2-7-16(15)14-24/h1-2,5-7,10-11,17H,3-4,8-9,12-14H2,(H,22,25). The van der Waals surface area contributed by atoms with Gasteiger partial charge in [0.15, 0.2) is 0 Å². The summed E-state index contributed by atoms with van der Waals surface area (Å²) in [6, 6.07) is 13.5. The van der Waals surface area contributed by atoms with Crippen LogP contribution in [-0.2, 0) is 13.0 Å². The van der Waals surface area contributed by atoms with Crippen molar-refractivity contribution in [1.29, 1.82) is 0 Å². The van der Waals surface area contributed by atoms with E-state index in [4.69, 9.17) is 0 Å². The molecule has 0 radical (unpaired) electrons. The molecule has 1 N–H and O–H groups in total. The SMILES string of the molecule is O=C(NC1CCCC1)c1cccc(C(=O)N2CCc3ccccc3C2)n1. The molecule has 2 aliphatic rings. The molecule has 2 aromatic rings. The van der Waals surface area contributed by atoms with Gasteiger partial charge in [0.05, 0.1) is 0 Å². The highest BCUT2D eigenvalue weighted by Gasteiger charge is 2.24. The van der Waals surface area contributed by atoms with Crippen molar-refractivity contribution < 1.29 is 9.59 Å².